The van der Waals surface area contributed by atoms with Crippen molar-refractivity contribution in [1.29, 1.82) is 0 Å². The van der Waals surface area contributed by atoms with Crippen LogP contribution in [-0.4, -0.2) is 19.4 Å². The van der Waals surface area contributed by atoms with Gasteiger partial charge in [-0.3, -0.25) is 4.58 Å². The Bertz CT molecular complexity index is 727. The van der Waals surface area contributed by atoms with Crippen LogP contribution in [-0.2, 0) is 0 Å². The van der Waals surface area contributed by atoms with Crippen LogP contribution in [0, 0.1) is 25.8 Å². The van der Waals surface area contributed by atoms with Gasteiger partial charge in [0.15, 0.2) is 0 Å². The molecule has 0 saturated heterocycles. The van der Waals surface area contributed by atoms with Crippen LogP contribution in [0.15, 0.2) is 41.2 Å². The number of allylic oxidation sites excluding steroid dienone is 2. The van der Waals surface area contributed by atoms with E-state index in [9.17, 15) is 0 Å². The van der Waals surface area contributed by atoms with Crippen molar-refractivity contribution in [2.75, 3.05) is 0 Å². The molecule has 1 aliphatic heterocycles. The maximum absolute atomic E-state index is 4.35. The Kier molecular flexibility index (Phi) is 5.10. The fourth-order valence-electron chi connectivity index (χ4n) is 4.34. The normalized spacial score (nSPS) is 19.2. The molecule has 0 atom stereocenters. The molecule has 1 nitrogen and oxygen atoms in total. The largest absolute Gasteiger partial charge is 0.255 e. The minimum atomic E-state index is -1.39. The molecule has 3 rings (SSSR count). The summed E-state index contributed by atoms with van der Waals surface area (Å²) in [5.41, 5.74) is 5.56. The molecule has 134 valence electrons. The first-order chi connectivity index (χ1) is 11.8. The van der Waals surface area contributed by atoms with Gasteiger partial charge in [-0.15, -0.1) is 6.07 Å². The van der Waals surface area contributed by atoms with E-state index in [1.165, 1.54) is 54.8 Å². The van der Waals surface area contributed by atoms with Crippen molar-refractivity contribution >= 4 is 14.8 Å². The minimum absolute atomic E-state index is 0.878. The van der Waals surface area contributed by atoms with Crippen molar-refractivity contribution in [2.24, 2.45) is 5.92 Å². The van der Waals surface area contributed by atoms with E-state index in [0.29, 0.717) is 0 Å². The summed E-state index contributed by atoms with van der Waals surface area (Å²) in [6, 6.07) is 8.01. The van der Waals surface area contributed by atoms with Crippen molar-refractivity contribution < 1.29 is 4.58 Å². The molecule has 1 fully saturated rings. The second kappa shape index (κ2) is 6.99. The van der Waals surface area contributed by atoms with Gasteiger partial charge in [0.2, 0.25) is 0 Å². The van der Waals surface area contributed by atoms with Gasteiger partial charge in [-0.25, -0.2) is 0 Å². The van der Waals surface area contributed by atoms with Crippen molar-refractivity contribution in [1.82, 2.24) is 0 Å². The monoisotopic (exact) mass is 351 g/mol. The SMILES string of the molecule is C=[N+]1C=C([Si](C)(C)C)C(CC2CCCC2)=C[C-]1c1ccc(C)cc1C. The zero-order chi connectivity index (χ0) is 18.2. The molecule has 0 unspecified atom stereocenters. The third kappa shape index (κ3) is 4.00. The van der Waals surface area contributed by atoms with E-state index >= 15 is 0 Å². The van der Waals surface area contributed by atoms with Gasteiger partial charge in [-0.05, 0) is 36.1 Å². The molecular weight excluding hydrogens is 318 g/mol. The summed E-state index contributed by atoms with van der Waals surface area (Å²) in [7, 11) is -1.39. The first-order valence-corrected chi connectivity index (χ1v) is 13.2. The third-order valence-electron chi connectivity index (χ3n) is 5.70. The Morgan fingerprint density at radius 3 is 2.44 bits per heavy atom. The Morgan fingerprint density at radius 1 is 1.16 bits per heavy atom. The molecule has 1 saturated carbocycles. The summed E-state index contributed by atoms with van der Waals surface area (Å²) in [6.45, 7) is 16.1. The molecule has 2 aliphatic rings. The quantitative estimate of drug-likeness (QED) is 0.346. The summed E-state index contributed by atoms with van der Waals surface area (Å²) in [6.07, 6.45) is 11.7. The summed E-state index contributed by atoms with van der Waals surface area (Å²) in [5.74, 6) is 0.878. The Hall–Kier alpha value is -1.54. The highest BCUT2D eigenvalue weighted by Crippen LogP contribution is 2.39. The molecule has 0 N–H and O–H groups in total. The molecule has 0 bridgehead atoms. The number of benzene rings is 1. The van der Waals surface area contributed by atoms with Crippen LogP contribution in [0.1, 0.15) is 48.8 Å². The van der Waals surface area contributed by atoms with Crippen molar-refractivity contribution in [3.8, 4) is 0 Å². The lowest BCUT2D eigenvalue weighted by Gasteiger charge is -2.32. The number of rotatable bonds is 4. The van der Waals surface area contributed by atoms with Crippen LogP contribution < -0.4 is 0 Å². The lowest BCUT2D eigenvalue weighted by molar-refractivity contribution is -0.418. The van der Waals surface area contributed by atoms with Crippen molar-refractivity contribution in [2.45, 2.75) is 65.6 Å². The van der Waals surface area contributed by atoms with Gasteiger partial charge in [0.25, 0.3) is 0 Å². The molecule has 2 heteroatoms. The Balaban J connectivity index is 1.98. The van der Waals surface area contributed by atoms with Gasteiger partial charge in [0.1, 0.15) is 12.2 Å². The molecule has 25 heavy (non-hydrogen) atoms. The van der Waals surface area contributed by atoms with E-state index in [1.54, 1.807) is 10.8 Å². The van der Waals surface area contributed by atoms with E-state index in [0.717, 1.165) is 5.92 Å². The highest BCUT2D eigenvalue weighted by Gasteiger charge is 2.31. The fourth-order valence-corrected chi connectivity index (χ4v) is 6.02. The molecule has 1 aromatic carbocycles. The predicted molar refractivity (Wildman–Crippen MR) is 112 cm³/mol. The average molecular weight is 352 g/mol. The number of aryl methyl sites for hydroxylation is 2. The highest BCUT2D eigenvalue weighted by atomic mass is 28.3. The van der Waals surface area contributed by atoms with E-state index in [4.69, 9.17) is 0 Å². The predicted octanol–water partition coefficient (Wildman–Crippen LogP) is 6.18. The number of nitrogens with zero attached hydrogens (tertiary/aromatic N) is 1. The summed E-state index contributed by atoms with van der Waals surface area (Å²) < 4.78 is 2.11. The molecule has 0 radical (unpaired) electrons. The Labute approximate surface area is 155 Å². The fraction of sp³-hybridized carbons (Fsp3) is 0.478. The third-order valence-corrected chi connectivity index (χ3v) is 7.77. The van der Waals surface area contributed by atoms with Crippen LogP contribution in [0.2, 0.25) is 19.6 Å². The van der Waals surface area contributed by atoms with E-state index in [-0.39, 0.29) is 0 Å². The van der Waals surface area contributed by atoms with Crippen LogP contribution >= 0.6 is 0 Å². The Morgan fingerprint density at radius 2 is 1.84 bits per heavy atom. The lowest BCUT2D eigenvalue weighted by Crippen LogP contribution is -2.31. The van der Waals surface area contributed by atoms with Gasteiger partial charge >= 0.3 is 0 Å². The van der Waals surface area contributed by atoms with Crippen LogP contribution in [0.5, 0.6) is 0 Å². The van der Waals surface area contributed by atoms with E-state index in [2.05, 4.69) is 75.3 Å². The molecule has 0 spiro atoms. The van der Waals surface area contributed by atoms with E-state index < -0.39 is 8.07 Å². The number of hydrogen-bond acceptors (Lipinski definition) is 0. The topological polar surface area (TPSA) is 3.01 Å². The minimum Gasteiger partial charge on any atom is -0.255 e. The first-order valence-electron chi connectivity index (χ1n) is 9.73. The second-order valence-corrected chi connectivity index (χ2v) is 14.0. The van der Waals surface area contributed by atoms with E-state index in [1.807, 2.05) is 0 Å². The van der Waals surface area contributed by atoms with Gasteiger partial charge in [-0.2, -0.15) is 0 Å². The van der Waals surface area contributed by atoms with Crippen LogP contribution in [0.4, 0.5) is 0 Å². The molecule has 1 heterocycles. The first kappa shape index (κ1) is 18.3. The van der Waals surface area contributed by atoms with Gasteiger partial charge in [-0.1, -0.05) is 81.1 Å². The van der Waals surface area contributed by atoms with Crippen LogP contribution in [0.25, 0.3) is 0 Å². The molecular formula is C23H33NSi. The molecule has 1 aromatic rings. The van der Waals surface area contributed by atoms with Crippen molar-refractivity contribution in [3.05, 3.63) is 64.0 Å². The van der Waals surface area contributed by atoms with Gasteiger partial charge in [0, 0.05) is 0 Å². The maximum atomic E-state index is 4.35. The highest BCUT2D eigenvalue weighted by molar-refractivity contribution is 6.84. The second-order valence-electron chi connectivity index (χ2n) is 8.99. The zero-order valence-corrected chi connectivity index (χ0v) is 17.7. The summed E-state index contributed by atoms with van der Waals surface area (Å²) >= 11 is 0. The number of hydrogen-bond donors (Lipinski definition) is 0. The van der Waals surface area contributed by atoms with Crippen molar-refractivity contribution in [3.63, 3.8) is 0 Å². The summed E-state index contributed by atoms with van der Waals surface area (Å²) in [4.78, 5) is 0. The average Bonchev–Trinajstić information content (AvgIpc) is 3.01. The molecule has 1 aliphatic carbocycles. The molecule has 0 amide bonds. The van der Waals surface area contributed by atoms with Gasteiger partial charge < -0.3 is 0 Å². The van der Waals surface area contributed by atoms with Crippen LogP contribution in [0.3, 0.4) is 0 Å². The smallest absolute Gasteiger partial charge is 0.147 e. The lowest BCUT2D eigenvalue weighted by atomic mass is 9.91. The summed E-state index contributed by atoms with van der Waals surface area (Å²) in [5, 5.41) is 1.59. The van der Waals surface area contributed by atoms with Gasteiger partial charge in [0.05, 0.1) is 14.8 Å². The maximum Gasteiger partial charge on any atom is 0.147 e. The standard InChI is InChI=1S/C23H33NSi/c1-17-11-12-21(18(2)13-17)22-15-20(14-19-9-7-8-10-19)23(16-24(22)3)25(4,5)6/h11-13,15-16,19H,3,7-10,14H2,1-2,4-6H3. The zero-order valence-electron chi connectivity index (χ0n) is 16.7. The molecule has 0 aromatic heterocycles.